The maximum absolute atomic E-state index is 12.6. The van der Waals surface area contributed by atoms with Gasteiger partial charge in [-0.05, 0) is 6.07 Å². The van der Waals surface area contributed by atoms with Crippen molar-refractivity contribution >= 4 is 17.3 Å². The fourth-order valence-corrected chi connectivity index (χ4v) is 1.49. The van der Waals surface area contributed by atoms with Gasteiger partial charge < -0.3 is 10.0 Å². The van der Waals surface area contributed by atoms with Crippen LogP contribution in [-0.4, -0.2) is 34.1 Å². The normalized spacial score (nSPS) is 10.8. The number of nitrogens with zero attached hydrogens (tertiary/aromatic N) is 3. The molecule has 1 N–H and O–H groups in total. The second-order valence-electron chi connectivity index (χ2n) is 3.77. The summed E-state index contributed by atoms with van der Waals surface area (Å²) >= 11 is 0. The van der Waals surface area contributed by atoms with Gasteiger partial charge in [0, 0.05) is 0 Å². The van der Waals surface area contributed by atoms with E-state index in [9.17, 15) is 28.1 Å². The number of alkyl halides is 3. The van der Waals surface area contributed by atoms with Crippen LogP contribution in [0.5, 0.6) is 0 Å². The molecule has 0 amide bonds. The van der Waals surface area contributed by atoms with E-state index in [4.69, 9.17) is 11.5 Å². The van der Waals surface area contributed by atoms with Crippen molar-refractivity contribution in [3.63, 3.8) is 0 Å². The Morgan fingerprint density at radius 2 is 2.19 bits per heavy atom. The lowest BCUT2D eigenvalue weighted by Gasteiger charge is -2.20. The first-order chi connectivity index (χ1) is 9.66. The Morgan fingerprint density at radius 3 is 2.62 bits per heavy atom. The molecule has 0 aliphatic heterocycles. The zero-order chi connectivity index (χ0) is 16.2. The summed E-state index contributed by atoms with van der Waals surface area (Å²) in [6, 6.07) is 0.401. The van der Waals surface area contributed by atoms with Crippen molar-refractivity contribution in [1.29, 1.82) is 0 Å². The summed E-state index contributed by atoms with van der Waals surface area (Å²) in [5.41, 5.74) is -2.70. The smallest absolute Gasteiger partial charge is 0.433 e. The molecule has 1 rings (SSSR count). The highest BCUT2D eigenvalue weighted by Gasteiger charge is 2.35. The predicted molar refractivity (Wildman–Crippen MR) is 64.6 cm³/mol. The Kier molecular flexibility index (Phi) is 4.70. The van der Waals surface area contributed by atoms with E-state index >= 15 is 0 Å². The minimum absolute atomic E-state index is 0.401. The molecular weight excluding hydrogens is 295 g/mol. The van der Waals surface area contributed by atoms with Crippen molar-refractivity contribution in [3.05, 3.63) is 28.1 Å². The van der Waals surface area contributed by atoms with Gasteiger partial charge in [-0.2, -0.15) is 13.2 Å². The average molecular weight is 303 g/mol. The molecule has 21 heavy (non-hydrogen) atoms. The molecule has 0 aliphatic rings. The van der Waals surface area contributed by atoms with Gasteiger partial charge in [-0.25, -0.2) is 4.98 Å². The standard InChI is InChI=1S/C11H8F3N3O4/c1-2-3-16(6-10(18)19)7-4-9(11(12,13)14)15-5-8(7)17(20)21/h1,4-5H,3,6H2,(H,18,19). The Hall–Kier alpha value is -2.83. The molecule has 0 saturated heterocycles. The number of hydrogen-bond acceptors (Lipinski definition) is 5. The van der Waals surface area contributed by atoms with Crippen molar-refractivity contribution in [2.24, 2.45) is 0 Å². The maximum atomic E-state index is 12.6. The van der Waals surface area contributed by atoms with E-state index in [1.54, 1.807) is 0 Å². The lowest BCUT2D eigenvalue weighted by Crippen LogP contribution is -2.31. The Morgan fingerprint density at radius 1 is 1.57 bits per heavy atom. The third kappa shape index (κ3) is 4.07. The van der Waals surface area contributed by atoms with E-state index < -0.39 is 47.2 Å². The molecule has 0 unspecified atom stereocenters. The third-order valence-corrected chi connectivity index (χ3v) is 2.30. The minimum atomic E-state index is -4.82. The summed E-state index contributed by atoms with van der Waals surface area (Å²) in [6.45, 7) is -1.19. The van der Waals surface area contributed by atoms with Gasteiger partial charge in [0.15, 0.2) is 0 Å². The van der Waals surface area contributed by atoms with Crippen LogP contribution >= 0.6 is 0 Å². The number of pyridine rings is 1. The number of hydrogen-bond donors (Lipinski definition) is 1. The van der Waals surface area contributed by atoms with Crippen molar-refractivity contribution in [2.75, 3.05) is 18.0 Å². The number of carboxylic acids is 1. The topological polar surface area (TPSA) is 96.6 Å². The zero-order valence-electron chi connectivity index (χ0n) is 10.3. The molecule has 1 aromatic rings. The lowest BCUT2D eigenvalue weighted by atomic mass is 10.2. The molecule has 1 aromatic heterocycles. The molecule has 112 valence electrons. The maximum Gasteiger partial charge on any atom is 0.433 e. The van der Waals surface area contributed by atoms with Crippen LogP contribution in [0.15, 0.2) is 12.3 Å². The molecule has 7 nitrogen and oxygen atoms in total. The van der Waals surface area contributed by atoms with Crippen molar-refractivity contribution in [2.45, 2.75) is 6.18 Å². The van der Waals surface area contributed by atoms with Crippen molar-refractivity contribution in [1.82, 2.24) is 4.98 Å². The van der Waals surface area contributed by atoms with Crippen LogP contribution in [0.25, 0.3) is 0 Å². The van der Waals surface area contributed by atoms with E-state index in [0.29, 0.717) is 12.3 Å². The van der Waals surface area contributed by atoms with E-state index in [1.165, 1.54) is 0 Å². The molecule has 10 heteroatoms. The number of carboxylic acid groups (broad SMARTS) is 1. The number of terminal acetylenes is 1. The first-order valence-electron chi connectivity index (χ1n) is 5.28. The lowest BCUT2D eigenvalue weighted by molar-refractivity contribution is -0.384. The van der Waals surface area contributed by atoms with Crippen LogP contribution in [-0.2, 0) is 11.0 Å². The van der Waals surface area contributed by atoms with Gasteiger partial charge in [0.25, 0.3) is 0 Å². The molecule has 0 fully saturated rings. The number of halogens is 3. The summed E-state index contributed by atoms with van der Waals surface area (Å²) in [4.78, 5) is 24.3. The highest BCUT2D eigenvalue weighted by atomic mass is 19.4. The third-order valence-electron chi connectivity index (χ3n) is 2.30. The fourth-order valence-electron chi connectivity index (χ4n) is 1.49. The highest BCUT2D eigenvalue weighted by Crippen LogP contribution is 2.34. The van der Waals surface area contributed by atoms with Crippen LogP contribution in [0.3, 0.4) is 0 Å². The number of nitro groups is 1. The summed E-state index contributed by atoms with van der Waals surface area (Å²) < 4.78 is 37.8. The number of aromatic nitrogens is 1. The first kappa shape index (κ1) is 16.2. The monoisotopic (exact) mass is 303 g/mol. The average Bonchev–Trinajstić information content (AvgIpc) is 2.35. The van der Waals surface area contributed by atoms with Crippen LogP contribution in [0.1, 0.15) is 5.69 Å². The van der Waals surface area contributed by atoms with Gasteiger partial charge in [-0.1, -0.05) is 5.92 Å². The minimum Gasteiger partial charge on any atom is -0.480 e. The number of anilines is 1. The summed E-state index contributed by atoms with van der Waals surface area (Å²) in [5, 5.41) is 19.5. The summed E-state index contributed by atoms with van der Waals surface area (Å²) in [7, 11) is 0. The molecule has 0 aromatic carbocycles. The van der Waals surface area contributed by atoms with Gasteiger partial charge in [-0.3, -0.25) is 14.9 Å². The number of aliphatic carboxylic acids is 1. The van der Waals surface area contributed by atoms with Gasteiger partial charge in [0.2, 0.25) is 0 Å². The summed E-state index contributed by atoms with van der Waals surface area (Å²) in [6.07, 6.45) is 0.596. The quantitative estimate of drug-likeness (QED) is 0.503. The Balaban J connectivity index is 3.42. The second-order valence-corrected chi connectivity index (χ2v) is 3.77. The predicted octanol–water partition coefficient (Wildman–Crippen LogP) is 1.53. The molecular formula is C11H8F3N3O4. The van der Waals surface area contributed by atoms with E-state index in [-0.39, 0.29) is 0 Å². The summed E-state index contributed by atoms with van der Waals surface area (Å²) in [5.74, 6) is 0.636. The van der Waals surface area contributed by atoms with Crippen LogP contribution in [0.2, 0.25) is 0 Å². The van der Waals surface area contributed by atoms with Gasteiger partial charge in [0.05, 0.1) is 11.5 Å². The Bertz CT molecular complexity index is 610. The van der Waals surface area contributed by atoms with Crippen molar-refractivity contribution in [3.8, 4) is 12.3 Å². The number of carbonyl (C=O) groups is 1. The van der Waals surface area contributed by atoms with Crippen LogP contribution < -0.4 is 4.90 Å². The van der Waals surface area contributed by atoms with E-state index in [1.807, 2.05) is 5.92 Å². The van der Waals surface area contributed by atoms with Gasteiger partial charge >= 0.3 is 17.8 Å². The van der Waals surface area contributed by atoms with E-state index in [2.05, 4.69) is 4.98 Å². The SMILES string of the molecule is C#CCN(CC(=O)O)c1cc(C(F)(F)F)ncc1[N+](=O)[O-]. The molecule has 0 radical (unpaired) electrons. The highest BCUT2D eigenvalue weighted by molar-refractivity contribution is 5.76. The Labute approximate surface area is 116 Å². The molecule has 0 saturated carbocycles. The van der Waals surface area contributed by atoms with Gasteiger partial charge in [0.1, 0.15) is 24.1 Å². The largest absolute Gasteiger partial charge is 0.480 e. The van der Waals surface area contributed by atoms with Crippen molar-refractivity contribution < 1.29 is 28.0 Å². The van der Waals surface area contributed by atoms with Crippen LogP contribution in [0.4, 0.5) is 24.5 Å². The fraction of sp³-hybridized carbons (Fsp3) is 0.273. The van der Waals surface area contributed by atoms with E-state index in [0.717, 1.165) is 4.90 Å². The number of rotatable bonds is 5. The van der Waals surface area contributed by atoms with Gasteiger partial charge in [-0.15, -0.1) is 6.42 Å². The molecule has 1 heterocycles. The zero-order valence-corrected chi connectivity index (χ0v) is 10.3. The van der Waals surface area contributed by atoms with Crippen LogP contribution in [0, 0.1) is 22.5 Å². The molecule has 0 atom stereocenters. The molecule has 0 bridgehead atoms. The molecule has 0 aliphatic carbocycles. The second kappa shape index (κ2) is 6.08. The molecule has 0 spiro atoms. The first-order valence-corrected chi connectivity index (χ1v) is 5.28.